The molecule has 334 valence electrons. The third kappa shape index (κ3) is 9.52. The molecule has 0 fully saturated rings. The summed E-state index contributed by atoms with van der Waals surface area (Å²) in [5.41, 5.74) is 22.5. The fourth-order valence-electron chi connectivity index (χ4n) is 7.64. The van der Waals surface area contributed by atoms with Crippen molar-refractivity contribution < 1.29 is 27.6 Å². The van der Waals surface area contributed by atoms with E-state index < -0.39 is 35.2 Å². The third-order valence-corrected chi connectivity index (χ3v) is 11.7. The van der Waals surface area contributed by atoms with Gasteiger partial charge in [0.1, 0.15) is 34.5 Å². The molecule has 0 unspecified atom stereocenters. The number of nitrogens with zero attached hydrogens (tertiary/aromatic N) is 3. The Morgan fingerprint density at radius 2 is 1.12 bits per heavy atom. The molecule has 6 aromatic carbocycles. The van der Waals surface area contributed by atoms with Crippen LogP contribution in [-0.2, 0) is 7.05 Å². The summed E-state index contributed by atoms with van der Waals surface area (Å²) < 4.78 is 44.1. The number of H-pyrrole nitrogens is 2. The normalized spacial score (nSPS) is 10.8. The summed E-state index contributed by atoms with van der Waals surface area (Å²) in [5, 5.41) is 21.6. The molecule has 9 aromatic rings. The number of benzene rings is 6. The van der Waals surface area contributed by atoms with Crippen LogP contribution in [-0.4, -0.2) is 32.3 Å². The number of primary amides is 3. The molecule has 0 spiro atoms. The number of rotatable bonds is 6. The zero-order valence-electron chi connectivity index (χ0n) is 34.8. The largest absolute Gasteiger partial charge is 0.364 e. The highest BCUT2D eigenvalue weighted by atomic mass is 35.5. The molecular formula is C49H31Cl4F3N8O3. The molecule has 67 heavy (non-hydrogen) atoms. The van der Waals surface area contributed by atoms with Crippen molar-refractivity contribution in [1.82, 2.24) is 14.5 Å². The highest BCUT2D eigenvalue weighted by molar-refractivity contribution is 6.36. The molecule has 18 heteroatoms. The SMILES string of the molecule is Cc1c(C(N)=O)[nH]c2c(-c3ccc(Cl)cc3Cl)cc(F)cc12.Cn1c(C(N)=O)cc2cc(C#N)cc(-c3ccc(Cl)cc3F)c21.N#Cc1cc(-c2ccc(Cl)cc2F)c2[nH]c(C(N)=O)cc2c1. The van der Waals surface area contributed by atoms with E-state index in [4.69, 9.17) is 68.9 Å². The second kappa shape index (κ2) is 19.0. The van der Waals surface area contributed by atoms with Gasteiger partial charge in [-0.15, -0.1) is 0 Å². The number of carbonyl (C=O) groups is 3. The summed E-state index contributed by atoms with van der Waals surface area (Å²) in [6.07, 6.45) is 0. The van der Waals surface area contributed by atoms with Crippen molar-refractivity contribution in [3.8, 4) is 45.5 Å². The molecule has 0 saturated heterocycles. The van der Waals surface area contributed by atoms with Gasteiger partial charge in [-0.2, -0.15) is 10.5 Å². The van der Waals surface area contributed by atoms with Gasteiger partial charge in [-0.1, -0.05) is 52.5 Å². The van der Waals surface area contributed by atoms with Crippen LogP contribution >= 0.6 is 46.4 Å². The van der Waals surface area contributed by atoms with Gasteiger partial charge in [-0.3, -0.25) is 14.4 Å². The zero-order valence-corrected chi connectivity index (χ0v) is 37.8. The molecule has 3 heterocycles. The summed E-state index contributed by atoms with van der Waals surface area (Å²) in [7, 11) is 1.67. The Hall–Kier alpha value is -7.72. The van der Waals surface area contributed by atoms with E-state index in [0.717, 1.165) is 0 Å². The Morgan fingerprint density at radius 1 is 0.582 bits per heavy atom. The van der Waals surface area contributed by atoms with Crippen molar-refractivity contribution in [2.45, 2.75) is 6.92 Å². The Labute approximate surface area is 398 Å². The molecule has 0 aliphatic carbocycles. The molecule has 3 amide bonds. The van der Waals surface area contributed by atoms with Gasteiger partial charge in [0.15, 0.2) is 0 Å². The van der Waals surface area contributed by atoms with Crippen molar-refractivity contribution in [3.05, 3.63) is 174 Å². The Balaban J connectivity index is 0.000000149. The maximum absolute atomic E-state index is 14.3. The summed E-state index contributed by atoms with van der Waals surface area (Å²) >= 11 is 23.7. The molecule has 8 N–H and O–H groups in total. The van der Waals surface area contributed by atoms with Gasteiger partial charge < -0.3 is 31.7 Å². The van der Waals surface area contributed by atoms with Crippen LogP contribution in [0.3, 0.4) is 0 Å². The number of nitriles is 2. The standard InChI is InChI=1S/C17H11ClFN3O.C16H11Cl2FN2O.C16H9ClFN3O/c1-22-15(17(21)23)6-10-4-9(8-20)5-13(16(10)22)12-3-2-11(18)7-14(12)19;1-7-11-5-9(19)6-12(15(11)21-14(7)16(20)22)10-3-2-8(17)4-13(10)18;17-10-1-2-11(13(18)6-10)12-4-8(7-19)3-9-5-14(16(20)22)21-15(9)12/h2-7H,1H3,(H2,21,23);2-6,21H,1H3,(H2,20,22);1-6,21H,(H2,20,22). The molecule has 0 saturated carbocycles. The van der Waals surface area contributed by atoms with Gasteiger partial charge in [0, 0.05) is 76.7 Å². The Bertz CT molecular complexity index is 3620. The Kier molecular flexibility index (Phi) is 13.4. The minimum atomic E-state index is -0.628. The highest BCUT2D eigenvalue weighted by Crippen LogP contribution is 2.38. The third-order valence-electron chi connectivity index (χ3n) is 10.7. The Morgan fingerprint density at radius 3 is 1.66 bits per heavy atom. The summed E-state index contributed by atoms with van der Waals surface area (Å²) in [6, 6.07) is 29.9. The molecule has 0 radical (unpaired) electrons. The lowest BCUT2D eigenvalue weighted by Gasteiger charge is -2.10. The van der Waals surface area contributed by atoms with Gasteiger partial charge in [-0.05, 0) is 110 Å². The first-order chi connectivity index (χ1) is 31.8. The van der Waals surface area contributed by atoms with Gasteiger partial charge in [0.05, 0.1) is 39.8 Å². The minimum Gasteiger partial charge on any atom is -0.364 e. The van der Waals surface area contributed by atoms with Crippen molar-refractivity contribution in [1.29, 1.82) is 10.5 Å². The molecule has 0 atom stereocenters. The lowest BCUT2D eigenvalue weighted by atomic mass is 10.00. The summed E-state index contributed by atoms with van der Waals surface area (Å²) in [6.45, 7) is 1.71. The second-order valence-electron chi connectivity index (χ2n) is 14.9. The van der Waals surface area contributed by atoms with Gasteiger partial charge in [0.2, 0.25) is 0 Å². The summed E-state index contributed by atoms with van der Waals surface area (Å²) in [4.78, 5) is 40.2. The van der Waals surface area contributed by atoms with Gasteiger partial charge in [0.25, 0.3) is 17.7 Å². The van der Waals surface area contributed by atoms with Crippen LogP contribution in [0.15, 0.2) is 103 Å². The van der Waals surface area contributed by atoms with E-state index in [1.165, 1.54) is 36.4 Å². The minimum absolute atomic E-state index is 0.195. The average Bonchev–Trinajstić information content (AvgIpc) is 3.97. The van der Waals surface area contributed by atoms with Crippen LogP contribution in [0.2, 0.25) is 20.1 Å². The quantitative estimate of drug-likeness (QED) is 0.110. The summed E-state index contributed by atoms with van der Waals surface area (Å²) in [5.74, 6) is -3.26. The van der Waals surface area contributed by atoms with Crippen molar-refractivity contribution in [3.63, 3.8) is 0 Å². The number of fused-ring (bicyclic) bond motifs is 3. The fraction of sp³-hybridized carbons (Fsp3) is 0.0408. The van der Waals surface area contributed by atoms with Crippen LogP contribution in [0.5, 0.6) is 0 Å². The number of carbonyl (C=O) groups excluding carboxylic acids is 3. The lowest BCUT2D eigenvalue weighted by Crippen LogP contribution is -2.15. The first-order valence-corrected chi connectivity index (χ1v) is 21.0. The number of aromatic nitrogens is 3. The molecular weight excluding hydrogens is 947 g/mol. The molecule has 0 aliphatic rings. The van der Waals surface area contributed by atoms with E-state index >= 15 is 0 Å². The second-order valence-corrected chi connectivity index (χ2v) is 16.6. The van der Waals surface area contributed by atoms with E-state index in [1.807, 2.05) is 12.1 Å². The van der Waals surface area contributed by atoms with Crippen LogP contribution < -0.4 is 17.2 Å². The number of aromatic amines is 2. The molecule has 3 aromatic heterocycles. The maximum Gasteiger partial charge on any atom is 0.265 e. The first-order valence-electron chi connectivity index (χ1n) is 19.5. The molecule has 11 nitrogen and oxygen atoms in total. The molecule has 0 bridgehead atoms. The number of halogens is 7. The highest BCUT2D eigenvalue weighted by Gasteiger charge is 2.20. The number of nitrogens with two attached hydrogens (primary N) is 3. The molecule has 0 aliphatic heterocycles. The molecule has 9 rings (SSSR count). The van der Waals surface area contributed by atoms with E-state index in [-0.39, 0.29) is 32.7 Å². The predicted octanol–water partition coefficient (Wildman–Crippen LogP) is 11.9. The number of hydrogen-bond donors (Lipinski definition) is 5. The fourth-order valence-corrected chi connectivity index (χ4v) is 8.47. The van der Waals surface area contributed by atoms with E-state index in [2.05, 4.69) is 9.97 Å². The number of aryl methyl sites for hydroxylation is 2. The van der Waals surface area contributed by atoms with Crippen LogP contribution in [0.4, 0.5) is 13.2 Å². The average molecular weight is 979 g/mol. The predicted molar refractivity (Wildman–Crippen MR) is 255 cm³/mol. The van der Waals surface area contributed by atoms with Crippen LogP contribution in [0.1, 0.15) is 48.2 Å². The lowest BCUT2D eigenvalue weighted by molar-refractivity contribution is 0.0985. The van der Waals surface area contributed by atoms with Crippen molar-refractivity contribution >= 4 is 96.8 Å². The number of nitrogens with one attached hydrogen (secondary N) is 2. The maximum atomic E-state index is 14.3. The van der Waals surface area contributed by atoms with Crippen molar-refractivity contribution in [2.24, 2.45) is 24.2 Å². The first kappa shape index (κ1) is 47.2. The van der Waals surface area contributed by atoms with Crippen LogP contribution in [0.25, 0.3) is 66.1 Å². The smallest absolute Gasteiger partial charge is 0.265 e. The zero-order chi connectivity index (χ0) is 48.6. The van der Waals surface area contributed by atoms with Gasteiger partial charge in [-0.25, -0.2) is 13.2 Å². The van der Waals surface area contributed by atoms with E-state index in [1.54, 1.807) is 85.3 Å². The van der Waals surface area contributed by atoms with Gasteiger partial charge >= 0.3 is 0 Å². The number of hydrogen-bond acceptors (Lipinski definition) is 5. The number of amides is 3. The topological polar surface area (TPSA) is 213 Å². The van der Waals surface area contributed by atoms with E-state index in [9.17, 15) is 32.8 Å². The monoisotopic (exact) mass is 976 g/mol. The van der Waals surface area contributed by atoms with E-state index in [0.29, 0.717) is 87.3 Å². The van der Waals surface area contributed by atoms with Crippen LogP contribution in [0, 0.1) is 47.0 Å². The van der Waals surface area contributed by atoms with Crippen molar-refractivity contribution in [2.75, 3.05) is 0 Å².